The Bertz CT molecular complexity index is 2920. The van der Waals surface area contributed by atoms with Crippen molar-refractivity contribution in [3.63, 3.8) is 0 Å². The molecule has 8 rings (SSSR count). The number of halogens is 2. The van der Waals surface area contributed by atoms with Crippen molar-refractivity contribution in [2.24, 2.45) is 0 Å². The van der Waals surface area contributed by atoms with E-state index in [-0.39, 0.29) is 26.2 Å². The van der Waals surface area contributed by atoms with Crippen molar-refractivity contribution >= 4 is 88.9 Å². The van der Waals surface area contributed by atoms with Crippen molar-refractivity contribution in [3.05, 3.63) is 115 Å². The molecule has 3 aromatic carbocycles. The lowest BCUT2D eigenvalue weighted by Crippen LogP contribution is -1.93. The van der Waals surface area contributed by atoms with Gasteiger partial charge in [0.05, 0.1) is 5.39 Å². The van der Waals surface area contributed by atoms with E-state index in [1.807, 2.05) is 12.1 Å². The first-order valence-corrected chi connectivity index (χ1v) is 23.0. The van der Waals surface area contributed by atoms with E-state index in [0.29, 0.717) is 27.2 Å². The van der Waals surface area contributed by atoms with Gasteiger partial charge in [-0.3, -0.25) is 9.19 Å². The van der Waals surface area contributed by atoms with Crippen molar-refractivity contribution in [1.82, 2.24) is 4.98 Å². The summed E-state index contributed by atoms with van der Waals surface area (Å²) in [6, 6.07) is 24.6. The number of sulfone groups is 3. The van der Waals surface area contributed by atoms with Crippen LogP contribution in [0, 0.1) is 11.6 Å². The van der Waals surface area contributed by atoms with Crippen LogP contribution in [0.2, 0.25) is 0 Å². The average Bonchev–Trinajstić information content (AvgIpc) is 3.88. The third kappa shape index (κ3) is 9.81. The lowest BCUT2D eigenvalue weighted by Gasteiger charge is -1.93. The molecule has 0 fully saturated rings. The number of furan rings is 4. The molecule has 0 saturated carbocycles. The van der Waals surface area contributed by atoms with Gasteiger partial charge in [-0.2, -0.15) is 0 Å². The van der Waals surface area contributed by atoms with Crippen molar-refractivity contribution in [3.8, 4) is 0 Å². The summed E-state index contributed by atoms with van der Waals surface area (Å²) in [6.07, 6.45) is 6.40. The van der Waals surface area contributed by atoms with Gasteiger partial charge in [0.1, 0.15) is 33.9 Å². The van der Waals surface area contributed by atoms with Crippen LogP contribution in [0.1, 0.15) is 0 Å². The molecule has 0 saturated heterocycles. The molecule has 1 unspecified atom stereocenters. The molecule has 12 nitrogen and oxygen atoms in total. The fourth-order valence-electron chi connectivity index (χ4n) is 4.56. The van der Waals surface area contributed by atoms with E-state index in [4.69, 9.17) is 17.7 Å². The van der Waals surface area contributed by atoms with Gasteiger partial charge in [-0.05, 0) is 54.4 Å². The van der Waals surface area contributed by atoms with Crippen molar-refractivity contribution in [2.75, 3.05) is 25.0 Å². The quantitative estimate of drug-likeness (QED) is 0.161. The first kappa shape index (κ1) is 39.9. The van der Waals surface area contributed by atoms with Crippen LogP contribution in [0.15, 0.2) is 141 Å². The van der Waals surface area contributed by atoms with Crippen LogP contribution in [0.3, 0.4) is 0 Å². The van der Waals surface area contributed by atoms with Gasteiger partial charge in [-0.25, -0.2) is 34.0 Å². The topological polar surface area (TPSA) is 185 Å². The van der Waals surface area contributed by atoms with Crippen LogP contribution in [-0.2, 0) is 39.0 Å². The average molecular weight is 820 g/mol. The third-order valence-electron chi connectivity index (χ3n) is 7.13. The number of benzene rings is 3. The summed E-state index contributed by atoms with van der Waals surface area (Å²) >= 11 is 0. The minimum atomic E-state index is -3.41. The molecule has 0 aliphatic carbocycles. The van der Waals surface area contributed by atoms with Crippen LogP contribution in [0.25, 0.3) is 44.0 Å². The van der Waals surface area contributed by atoms with Crippen LogP contribution in [-0.4, -0.2) is 65.3 Å². The van der Waals surface area contributed by atoms with Gasteiger partial charge >= 0.3 is 0 Å². The maximum Gasteiger partial charge on any atom is 0.219 e. The summed E-state index contributed by atoms with van der Waals surface area (Å²) in [5.74, 6) is 2.64. The Kier molecular flexibility index (Phi) is 11.2. The second-order valence-electron chi connectivity index (χ2n) is 11.8. The molecule has 8 aromatic rings. The molecule has 18 heteroatoms. The zero-order valence-electron chi connectivity index (χ0n) is 28.8. The zero-order chi connectivity index (χ0) is 39.6. The fraction of sp³-hybridized carbons (Fsp3) is 0.111. The monoisotopic (exact) mass is 819 g/mol. The normalized spacial score (nSPS) is 13.0. The van der Waals surface area contributed by atoms with Crippen molar-refractivity contribution in [2.45, 2.75) is 20.4 Å². The Morgan fingerprint density at radius 2 is 1.04 bits per heavy atom. The number of nitrogens with zero attached hydrogens (tertiary/aromatic N) is 1. The van der Waals surface area contributed by atoms with Gasteiger partial charge in [0.2, 0.25) is 44.8 Å². The van der Waals surface area contributed by atoms with E-state index in [1.54, 1.807) is 42.8 Å². The number of pyridine rings is 1. The molecule has 0 bridgehead atoms. The SMILES string of the molecule is C=S(C)(=O)c1cc2ncccc2o1.CS(=O)(=O)c1cc2c(F)cccc2o1.CS(=O)(=O)c1cc2cc(F)ccc2o1.CS(=O)(=O)c1cc2ccccc2o1. The lowest BCUT2D eigenvalue weighted by molar-refractivity contribution is 0.484. The number of rotatable bonds is 4. The molecule has 5 aromatic heterocycles. The smallest absolute Gasteiger partial charge is 0.219 e. The number of hydrogen-bond acceptors (Lipinski definition) is 12. The summed E-state index contributed by atoms with van der Waals surface area (Å²) < 4.78 is 125. The van der Waals surface area contributed by atoms with Crippen LogP contribution in [0.5, 0.6) is 0 Å². The van der Waals surface area contributed by atoms with E-state index >= 15 is 0 Å². The van der Waals surface area contributed by atoms with Gasteiger partial charge in [-0.1, -0.05) is 24.3 Å². The number of aromatic nitrogens is 1. The van der Waals surface area contributed by atoms with Crippen LogP contribution in [0.4, 0.5) is 8.78 Å². The highest BCUT2D eigenvalue weighted by atomic mass is 32.2. The Hall–Kier alpha value is -5.30. The predicted molar refractivity (Wildman–Crippen MR) is 201 cm³/mol. The molecule has 0 radical (unpaired) electrons. The molecule has 0 amide bonds. The van der Waals surface area contributed by atoms with Gasteiger partial charge in [0.25, 0.3) is 0 Å². The maximum atomic E-state index is 13.1. The molecular weight excluding hydrogens is 789 g/mol. The van der Waals surface area contributed by atoms with Crippen LogP contribution < -0.4 is 0 Å². The molecule has 0 N–H and O–H groups in total. The van der Waals surface area contributed by atoms with E-state index in [0.717, 1.165) is 29.7 Å². The lowest BCUT2D eigenvalue weighted by atomic mass is 10.2. The third-order valence-corrected chi connectivity index (χ3v) is 11.0. The Morgan fingerprint density at radius 3 is 1.61 bits per heavy atom. The standard InChI is InChI=1S/2C9H7FO3S.C9H9NO2S.C9H8O3S/c1-14(11,12)9-5-6-4-7(10)2-3-8(6)13-9;1-14(11,12)9-5-6-7(10)3-2-4-8(6)13-9;1-13(2,11)9-6-7-8(12-9)4-3-5-10-7;1-13(10,11)9-6-7-4-2-3-5-8(7)12-9/h2*2-5H,1H3;3-6H,1H2,2H3;2-6H,1H3. The van der Waals surface area contributed by atoms with Gasteiger partial charge in [-0.15, -0.1) is 0 Å². The zero-order valence-corrected chi connectivity index (χ0v) is 32.1. The summed E-state index contributed by atoms with van der Waals surface area (Å²) in [5.41, 5.74) is 2.58. The molecule has 284 valence electrons. The highest BCUT2D eigenvalue weighted by Crippen LogP contribution is 2.26. The molecule has 54 heavy (non-hydrogen) atoms. The van der Waals surface area contributed by atoms with Crippen molar-refractivity contribution < 1.29 is 55.9 Å². The number of fused-ring (bicyclic) bond motifs is 4. The fourth-order valence-corrected chi connectivity index (χ4v) is 6.92. The first-order valence-electron chi connectivity index (χ1n) is 15.2. The molecule has 1 atom stereocenters. The van der Waals surface area contributed by atoms with E-state index in [1.165, 1.54) is 54.6 Å². The van der Waals surface area contributed by atoms with Crippen molar-refractivity contribution in [1.29, 1.82) is 0 Å². The molecule has 0 aliphatic heterocycles. The predicted octanol–water partition coefficient (Wildman–Crippen LogP) is 7.32. The summed E-state index contributed by atoms with van der Waals surface area (Å²) in [4.78, 5) is 4.07. The summed E-state index contributed by atoms with van der Waals surface area (Å²) in [6.45, 7) is 0. The molecule has 0 spiro atoms. The van der Waals surface area contributed by atoms with Gasteiger partial charge < -0.3 is 17.7 Å². The summed E-state index contributed by atoms with van der Waals surface area (Å²) in [7, 11) is -12.3. The minimum Gasteiger partial charge on any atom is -0.446 e. The second kappa shape index (κ2) is 15.2. The maximum absolute atomic E-state index is 13.1. The number of para-hydroxylation sites is 1. The van der Waals surface area contributed by atoms with E-state index < -0.39 is 50.7 Å². The van der Waals surface area contributed by atoms with Gasteiger partial charge in [0, 0.05) is 75.8 Å². The first-order chi connectivity index (χ1) is 25.1. The number of hydrogen-bond donors (Lipinski definition) is 0. The van der Waals surface area contributed by atoms with E-state index in [2.05, 4.69) is 10.9 Å². The second-order valence-corrected chi connectivity index (χ2v) is 20.1. The van der Waals surface area contributed by atoms with E-state index in [9.17, 15) is 38.2 Å². The Balaban J connectivity index is 0.000000139. The largest absolute Gasteiger partial charge is 0.446 e. The highest BCUT2D eigenvalue weighted by molar-refractivity contribution is 7.99. The van der Waals surface area contributed by atoms with Gasteiger partial charge in [0.15, 0.2) is 10.7 Å². The Labute approximate surface area is 308 Å². The molecule has 5 heterocycles. The minimum absolute atomic E-state index is 0.0219. The summed E-state index contributed by atoms with van der Waals surface area (Å²) in [5, 5.41) is 1.52. The highest BCUT2D eigenvalue weighted by Gasteiger charge is 2.16. The molecule has 0 aliphatic rings. The van der Waals surface area contributed by atoms with Crippen LogP contribution >= 0.6 is 0 Å². The Morgan fingerprint density at radius 1 is 0.519 bits per heavy atom. The molecular formula is C36H31F2NO11S4.